The molecule has 8 nitrogen and oxygen atoms in total. The van der Waals surface area contributed by atoms with Crippen LogP contribution in [0.5, 0.6) is 5.75 Å². The molecule has 3 heterocycles. The SMILES string of the molecule is Cc1ncc(-c2ccc(NCCOc3ccc(F)cc3)nc2)c(N2CCC(C)(C)CC2)c1[C@H](OC(C)(C)C)C(=O)OC(C)C.[HH]. The van der Waals surface area contributed by atoms with Crippen LogP contribution >= 0.6 is 0 Å². The first-order valence-electron chi connectivity index (χ1n) is 15.4. The summed E-state index contributed by atoms with van der Waals surface area (Å²) in [6.45, 7) is 18.7. The maximum absolute atomic E-state index is 13.6. The summed E-state index contributed by atoms with van der Waals surface area (Å²) in [5.41, 5.74) is 3.84. The Balaban J connectivity index is 0.00000552. The van der Waals surface area contributed by atoms with Crippen molar-refractivity contribution in [2.75, 3.05) is 36.5 Å². The molecular formula is C35H49FN4O4. The van der Waals surface area contributed by atoms with Crippen LogP contribution in [0, 0.1) is 18.2 Å². The van der Waals surface area contributed by atoms with Gasteiger partial charge in [-0.1, -0.05) is 13.8 Å². The van der Waals surface area contributed by atoms with Crippen molar-refractivity contribution in [3.63, 3.8) is 0 Å². The highest BCUT2D eigenvalue weighted by Crippen LogP contribution is 2.43. The number of nitrogens with zero attached hydrogens (tertiary/aromatic N) is 3. The van der Waals surface area contributed by atoms with E-state index >= 15 is 0 Å². The summed E-state index contributed by atoms with van der Waals surface area (Å²) in [6.07, 6.45) is 4.52. The van der Waals surface area contributed by atoms with Gasteiger partial charge in [0.25, 0.3) is 0 Å². The molecule has 44 heavy (non-hydrogen) atoms. The fraction of sp³-hybridized carbons (Fsp3) is 0.514. The molecule has 0 aliphatic carbocycles. The molecule has 1 atom stereocenters. The van der Waals surface area contributed by atoms with E-state index in [1.807, 2.05) is 66.1 Å². The monoisotopic (exact) mass is 608 g/mol. The molecule has 0 spiro atoms. The maximum Gasteiger partial charge on any atom is 0.340 e. The number of nitrogens with one attached hydrogen (secondary N) is 1. The Morgan fingerprint density at radius 2 is 1.75 bits per heavy atom. The van der Waals surface area contributed by atoms with E-state index in [0.29, 0.717) is 24.7 Å². The minimum Gasteiger partial charge on any atom is -0.492 e. The summed E-state index contributed by atoms with van der Waals surface area (Å²) in [5.74, 6) is 0.595. The zero-order valence-corrected chi connectivity index (χ0v) is 27.4. The molecule has 1 aromatic carbocycles. The van der Waals surface area contributed by atoms with Crippen LogP contribution in [0.25, 0.3) is 11.1 Å². The molecule has 0 saturated carbocycles. The molecule has 0 amide bonds. The molecule has 0 radical (unpaired) electrons. The molecule has 1 saturated heterocycles. The number of pyridine rings is 2. The summed E-state index contributed by atoms with van der Waals surface area (Å²) in [6, 6.07) is 9.89. The fourth-order valence-electron chi connectivity index (χ4n) is 5.22. The molecule has 0 bridgehead atoms. The predicted octanol–water partition coefficient (Wildman–Crippen LogP) is 7.76. The number of rotatable bonds is 11. The molecule has 0 unspecified atom stereocenters. The third kappa shape index (κ3) is 8.91. The largest absolute Gasteiger partial charge is 0.492 e. The standard InChI is InChI=1S/C35H47FN4O4.H2/c1-23(2)43-33(41)32(44-34(4,5)6)30-24(3)38-22-28(31(30)40-18-15-35(7,8)16-19-40)25-9-14-29(39-21-25)37-17-20-42-27-12-10-26(36)11-13-27;/h9-14,21-23,32H,15-20H2,1-8H3,(H,37,39);1H/t32-;/m0./s1. The van der Waals surface area contributed by atoms with Gasteiger partial charge in [-0.3, -0.25) is 4.98 Å². The lowest BCUT2D eigenvalue weighted by molar-refractivity contribution is -0.171. The number of carbonyl (C=O) groups excluding carboxylic acids is 1. The first-order chi connectivity index (χ1) is 20.7. The summed E-state index contributed by atoms with van der Waals surface area (Å²) in [7, 11) is 0. The van der Waals surface area contributed by atoms with Crippen LogP contribution in [-0.2, 0) is 14.3 Å². The Labute approximate surface area is 262 Å². The maximum atomic E-state index is 13.6. The van der Waals surface area contributed by atoms with E-state index in [2.05, 4.69) is 29.0 Å². The quantitative estimate of drug-likeness (QED) is 0.175. The molecule has 4 rings (SSSR count). The van der Waals surface area contributed by atoms with E-state index in [0.717, 1.165) is 54.0 Å². The van der Waals surface area contributed by atoms with Gasteiger partial charge in [0, 0.05) is 49.3 Å². The van der Waals surface area contributed by atoms with Gasteiger partial charge in [-0.15, -0.1) is 0 Å². The normalized spacial score (nSPS) is 15.6. The zero-order valence-electron chi connectivity index (χ0n) is 27.4. The third-order valence-electron chi connectivity index (χ3n) is 7.59. The number of hydrogen-bond acceptors (Lipinski definition) is 8. The van der Waals surface area contributed by atoms with Crippen molar-refractivity contribution in [2.45, 2.75) is 86.0 Å². The fourth-order valence-corrected chi connectivity index (χ4v) is 5.22. The second-order valence-electron chi connectivity index (χ2n) is 13.4. The first-order valence-corrected chi connectivity index (χ1v) is 15.4. The average molecular weight is 609 g/mol. The van der Waals surface area contributed by atoms with Crippen molar-refractivity contribution >= 4 is 17.5 Å². The molecule has 240 valence electrons. The molecule has 9 heteroatoms. The zero-order chi connectivity index (χ0) is 32.1. The van der Waals surface area contributed by atoms with Gasteiger partial charge in [0.1, 0.15) is 24.0 Å². The number of esters is 1. The van der Waals surface area contributed by atoms with Crippen molar-refractivity contribution in [1.82, 2.24) is 9.97 Å². The minimum absolute atomic E-state index is 0. The highest BCUT2D eigenvalue weighted by Gasteiger charge is 2.37. The molecule has 3 aromatic rings. The van der Waals surface area contributed by atoms with Gasteiger partial charge < -0.3 is 24.4 Å². The van der Waals surface area contributed by atoms with Gasteiger partial charge in [-0.2, -0.15) is 0 Å². The predicted molar refractivity (Wildman–Crippen MR) is 175 cm³/mol. The van der Waals surface area contributed by atoms with Crippen molar-refractivity contribution < 1.29 is 24.8 Å². The van der Waals surface area contributed by atoms with E-state index in [4.69, 9.17) is 19.2 Å². The Hall–Kier alpha value is -3.72. The van der Waals surface area contributed by atoms with E-state index < -0.39 is 17.7 Å². The number of ether oxygens (including phenoxy) is 3. The molecule has 1 fully saturated rings. The second-order valence-corrected chi connectivity index (χ2v) is 13.4. The highest BCUT2D eigenvalue weighted by atomic mass is 19.1. The van der Waals surface area contributed by atoms with Crippen LogP contribution in [0.1, 0.15) is 80.1 Å². The van der Waals surface area contributed by atoms with Crippen LogP contribution in [-0.4, -0.2) is 53.9 Å². The Kier molecular flexibility index (Phi) is 10.5. The average Bonchev–Trinajstić information content (AvgIpc) is 2.95. The summed E-state index contributed by atoms with van der Waals surface area (Å²) < 4.78 is 31.0. The van der Waals surface area contributed by atoms with Gasteiger partial charge in [-0.25, -0.2) is 14.2 Å². The Morgan fingerprint density at radius 1 is 1.07 bits per heavy atom. The van der Waals surface area contributed by atoms with Gasteiger partial charge in [0.05, 0.1) is 23.9 Å². The first kappa shape index (κ1) is 33.2. The Morgan fingerprint density at radius 3 is 2.34 bits per heavy atom. The van der Waals surface area contributed by atoms with Crippen LogP contribution in [0.4, 0.5) is 15.9 Å². The number of piperidine rings is 1. The van der Waals surface area contributed by atoms with Gasteiger partial charge in [0.15, 0.2) is 6.10 Å². The van der Waals surface area contributed by atoms with E-state index in [-0.39, 0.29) is 18.8 Å². The summed E-state index contributed by atoms with van der Waals surface area (Å²) in [5, 5.41) is 3.27. The van der Waals surface area contributed by atoms with Crippen LogP contribution < -0.4 is 15.0 Å². The van der Waals surface area contributed by atoms with Crippen molar-refractivity contribution in [3.8, 4) is 16.9 Å². The van der Waals surface area contributed by atoms with Crippen LogP contribution in [0.3, 0.4) is 0 Å². The second kappa shape index (κ2) is 13.9. The summed E-state index contributed by atoms with van der Waals surface area (Å²) in [4.78, 5) is 25.4. The van der Waals surface area contributed by atoms with Crippen molar-refractivity contribution in [3.05, 3.63) is 65.9 Å². The minimum atomic E-state index is -0.940. The van der Waals surface area contributed by atoms with Gasteiger partial charge in [-0.05, 0) is 96.2 Å². The van der Waals surface area contributed by atoms with Crippen molar-refractivity contribution in [1.29, 1.82) is 0 Å². The van der Waals surface area contributed by atoms with Gasteiger partial charge in [0.2, 0.25) is 0 Å². The van der Waals surface area contributed by atoms with E-state index in [1.54, 1.807) is 12.1 Å². The number of halogens is 1. The van der Waals surface area contributed by atoms with Gasteiger partial charge >= 0.3 is 5.97 Å². The van der Waals surface area contributed by atoms with Crippen LogP contribution in [0.2, 0.25) is 0 Å². The number of aryl methyl sites for hydroxylation is 1. The lowest BCUT2D eigenvalue weighted by Crippen LogP contribution is -2.39. The molecule has 1 aliphatic heterocycles. The number of aromatic nitrogens is 2. The molecule has 2 aromatic heterocycles. The van der Waals surface area contributed by atoms with Crippen molar-refractivity contribution in [2.24, 2.45) is 5.41 Å². The molecule has 1 aliphatic rings. The third-order valence-corrected chi connectivity index (χ3v) is 7.59. The lowest BCUT2D eigenvalue weighted by atomic mass is 9.82. The number of hydrogen-bond donors (Lipinski definition) is 1. The van der Waals surface area contributed by atoms with E-state index in [1.165, 1.54) is 12.1 Å². The topological polar surface area (TPSA) is 85.8 Å². The number of carbonyl (C=O) groups is 1. The lowest BCUT2D eigenvalue weighted by Gasteiger charge is -2.41. The van der Waals surface area contributed by atoms with Crippen LogP contribution in [0.15, 0.2) is 48.8 Å². The number of benzene rings is 1. The highest BCUT2D eigenvalue weighted by molar-refractivity contribution is 5.87. The van der Waals surface area contributed by atoms with E-state index in [9.17, 15) is 9.18 Å². The summed E-state index contributed by atoms with van der Waals surface area (Å²) >= 11 is 0. The number of anilines is 2. The Bertz CT molecular complexity index is 1400. The molecular weight excluding hydrogens is 559 g/mol. The smallest absolute Gasteiger partial charge is 0.340 e. The molecule has 1 N–H and O–H groups in total.